The molecular weight excluding hydrogens is 392 g/mol. The van der Waals surface area contributed by atoms with Gasteiger partial charge in [0.25, 0.3) is 0 Å². The minimum Gasteiger partial charge on any atom is -0.326 e. The van der Waals surface area contributed by atoms with E-state index in [-0.39, 0.29) is 5.91 Å². The summed E-state index contributed by atoms with van der Waals surface area (Å²) in [4.78, 5) is 11.5. The minimum absolute atomic E-state index is 0.179. The molecule has 150 valence electrons. The van der Waals surface area contributed by atoms with Crippen LogP contribution in [0.3, 0.4) is 0 Å². The van der Waals surface area contributed by atoms with Crippen LogP contribution in [0.25, 0.3) is 0 Å². The van der Waals surface area contributed by atoms with Crippen LogP contribution in [0.15, 0.2) is 47.4 Å². The summed E-state index contributed by atoms with van der Waals surface area (Å²) in [7, 11) is -3.57. The summed E-state index contributed by atoms with van der Waals surface area (Å²) < 4.78 is 28.1. The zero-order valence-corrected chi connectivity index (χ0v) is 18.1. The number of benzene rings is 2. The monoisotopic (exact) mass is 418 g/mol. The van der Waals surface area contributed by atoms with Crippen LogP contribution in [0, 0.1) is 13.8 Å². The van der Waals surface area contributed by atoms with Gasteiger partial charge in [0.15, 0.2) is 0 Å². The van der Waals surface area contributed by atoms with Crippen LogP contribution in [-0.2, 0) is 14.8 Å². The van der Waals surface area contributed by atoms with E-state index in [1.807, 2.05) is 23.9 Å². The van der Waals surface area contributed by atoms with E-state index in [0.29, 0.717) is 34.5 Å². The zero-order valence-electron chi connectivity index (χ0n) is 16.4. The van der Waals surface area contributed by atoms with Crippen molar-refractivity contribution in [3.8, 4) is 0 Å². The molecule has 1 fully saturated rings. The summed E-state index contributed by atoms with van der Waals surface area (Å²) in [5.74, 6) is 0.586. The molecule has 0 aromatic heterocycles. The SMILES string of the molecule is CC(=O)Nc1ccc(S(=O)(=O)N2CCSC(c3ccccc3C)CC2)c(C)c1. The molecule has 28 heavy (non-hydrogen) atoms. The highest BCUT2D eigenvalue weighted by atomic mass is 32.2. The van der Waals surface area contributed by atoms with E-state index in [4.69, 9.17) is 0 Å². The van der Waals surface area contributed by atoms with Gasteiger partial charge in [0.05, 0.1) is 4.90 Å². The second-order valence-corrected chi connectivity index (χ2v) is 10.3. The second-order valence-electron chi connectivity index (χ2n) is 7.07. The fraction of sp³-hybridized carbons (Fsp3) is 0.381. The molecule has 2 aromatic rings. The Morgan fingerprint density at radius 1 is 1.11 bits per heavy atom. The first-order valence-electron chi connectivity index (χ1n) is 9.34. The van der Waals surface area contributed by atoms with Gasteiger partial charge in [-0.25, -0.2) is 8.42 Å². The van der Waals surface area contributed by atoms with E-state index < -0.39 is 10.0 Å². The number of hydrogen-bond donors (Lipinski definition) is 1. The van der Waals surface area contributed by atoms with Crippen molar-refractivity contribution in [2.75, 3.05) is 24.2 Å². The number of aryl methyl sites for hydroxylation is 2. The van der Waals surface area contributed by atoms with E-state index in [0.717, 1.165) is 12.2 Å². The maximum atomic E-state index is 13.2. The van der Waals surface area contributed by atoms with Gasteiger partial charge in [0, 0.05) is 36.7 Å². The van der Waals surface area contributed by atoms with Crippen molar-refractivity contribution in [2.45, 2.75) is 37.3 Å². The van der Waals surface area contributed by atoms with Gasteiger partial charge in [-0.1, -0.05) is 24.3 Å². The summed E-state index contributed by atoms with van der Waals surface area (Å²) >= 11 is 1.83. The highest BCUT2D eigenvalue weighted by Crippen LogP contribution is 2.37. The van der Waals surface area contributed by atoms with Crippen molar-refractivity contribution in [3.05, 3.63) is 59.2 Å². The highest BCUT2D eigenvalue weighted by molar-refractivity contribution is 7.99. The number of nitrogens with zero attached hydrogens (tertiary/aromatic N) is 1. The largest absolute Gasteiger partial charge is 0.326 e. The lowest BCUT2D eigenvalue weighted by molar-refractivity contribution is -0.114. The van der Waals surface area contributed by atoms with Crippen molar-refractivity contribution in [1.29, 1.82) is 0 Å². The van der Waals surface area contributed by atoms with Gasteiger partial charge < -0.3 is 5.32 Å². The molecule has 1 aliphatic heterocycles. The Hall–Kier alpha value is -1.83. The van der Waals surface area contributed by atoms with Gasteiger partial charge in [-0.2, -0.15) is 16.1 Å². The van der Waals surface area contributed by atoms with Gasteiger partial charge in [0.2, 0.25) is 15.9 Å². The van der Waals surface area contributed by atoms with Gasteiger partial charge in [-0.15, -0.1) is 0 Å². The van der Waals surface area contributed by atoms with Crippen LogP contribution < -0.4 is 5.32 Å². The van der Waals surface area contributed by atoms with Crippen molar-refractivity contribution >= 4 is 33.4 Å². The minimum atomic E-state index is -3.57. The number of anilines is 1. The second kappa shape index (κ2) is 8.68. The number of thioether (sulfide) groups is 1. The Morgan fingerprint density at radius 3 is 2.54 bits per heavy atom. The van der Waals surface area contributed by atoms with Crippen molar-refractivity contribution in [1.82, 2.24) is 4.31 Å². The molecule has 0 radical (unpaired) electrons. The molecule has 1 N–H and O–H groups in total. The Bertz CT molecular complexity index is 973. The van der Waals surface area contributed by atoms with Crippen molar-refractivity contribution < 1.29 is 13.2 Å². The smallest absolute Gasteiger partial charge is 0.243 e. The molecule has 0 bridgehead atoms. The van der Waals surface area contributed by atoms with Gasteiger partial charge in [-0.3, -0.25) is 4.79 Å². The molecule has 7 heteroatoms. The molecule has 0 saturated carbocycles. The number of nitrogens with one attached hydrogen (secondary N) is 1. The lowest BCUT2D eigenvalue weighted by Gasteiger charge is -2.21. The van der Waals surface area contributed by atoms with Crippen LogP contribution in [0.5, 0.6) is 0 Å². The lowest BCUT2D eigenvalue weighted by Crippen LogP contribution is -2.33. The molecule has 1 aliphatic rings. The number of carbonyl (C=O) groups is 1. The molecule has 1 heterocycles. The van der Waals surface area contributed by atoms with Crippen LogP contribution in [-0.4, -0.2) is 37.5 Å². The predicted molar refractivity (Wildman–Crippen MR) is 115 cm³/mol. The number of rotatable bonds is 4. The first-order valence-corrected chi connectivity index (χ1v) is 11.8. The first-order chi connectivity index (χ1) is 13.3. The van der Waals surface area contributed by atoms with Crippen LogP contribution in [0.2, 0.25) is 0 Å². The summed E-state index contributed by atoms with van der Waals surface area (Å²) in [5, 5.41) is 3.00. The molecule has 5 nitrogen and oxygen atoms in total. The van der Waals surface area contributed by atoms with E-state index in [1.54, 1.807) is 29.4 Å². The van der Waals surface area contributed by atoms with Crippen LogP contribution in [0.4, 0.5) is 5.69 Å². The third kappa shape index (κ3) is 4.59. The number of carbonyl (C=O) groups excluding carboxylic acids is 1. The quantitative estimate of drug-likeness (QED) is 0.811. The summed E-state index contributed by atoms with van der Waals surface area (Å²) in [6.45, 7) is 6.30. The maximum Gasteiger partial charge on any atom is 0.243 e. The summed E-state index contributed by atoms with van der Waals surface area (Å²) in [6, 6.07) is 13.3. The molecule has 0 aliphatic carbocycles. The molecule has 0 spiro atoms. The molecular formula is C21H26N2O3S2. The standard InChI is InChI=1S/C21H26N2O3S2/c1-15-6-4-5-7-19(15)20-10-11-23(12-13-27-20)28(25,26)21-9-8-18(14-16(21)2)22-17(3)24/h4-9,14,20H,10-13H2,1-3H3,(H,22,24). The highest BCUT2D eigenvalue weighted by Gasteiger charge is 2.29. The molecule has 1 unspecified atom stereocenters. The van der Waals surface area contributed by atoms with E-state index in [2.05, 4.69) is 24.4 Å². The molecule has 1 atom stereocenters. The number of sulfonamides is 1. The molecule has 1 saturated heterocycles. The Labute approximate surface area is 171 Å². The van der Waals surface area contributed by atoms with Crippen molar-refractivity contribution in [2.24, 2.45) is 0 Å². The first kappa shape index (κ1) is 20.9. The Morgan fingerprint density at radius 2 is 1.86 bits per heavy atom. The van der Waals surface area contributed by atoms with Gasteiger partial charge in [0.1, 0.15) is 0 Å². The molecule has 3 rings (SSSR count). The maximum absolute atomic E-state index is 13.2. The number of hydrogen-bond acceptors (Lipinski definition) is 4. The normalized spacial score (nSPS) is 18.5. The Balaban J connectivity index is 1.79. The topological polar surface area (TPSA) is 66.5 Å². The van der Waals surface area contributed by atoms with E-state index in [1.165, 1.54) is 18.1 Å². The van der Waals surface area contributed by atoms with Gasteiger partial charge >= 0.3 is 0 Å². The zero-order chi connectivity index (χ0) is 20.3. The summed E-state index contributed by atoms with van der Waals surface area (Å²) in [5.41, 5.74) is 3.79. The van der Waals surface area contributed by atoms with Crippen LogP contribution >= 0.6 is 11.8 Å². The average Bonchev–Trinajstić information content (AvgIpc) is 2.88. The van der Waals surface area contributed by atoms with Crippen LogP contribution in [0.1, 0.15) is 35.3 Å². The fourth-order valence-corrected chi connectivity index (χ4v) is 6.65. The molecule has 1 amide bonds. The van der Waals surface area contributed by atoms with Gasteiger partial charge in [-0.05, 0) is 55.2 Å². The Kier molecular flexibility index (Phi) is 6.47. The average molecular weight is 419 g/mol. The van der Waals surface area contributed by atoms with E-state index >= 15 is 0 Å². The molecule has 2 aromatic carbocycles. The summed E-state index contributed by atoms with van der Waals surface area (Å²) in [6.07, 6.45) is 0.789. The van der Waals surface area contributed by atoms with E-state index in [9.17, 15) is 13.2 Å². The van der Waals surface area contributed by atoms with Crippen molar-refractivity contribution in [3.63, 3.8) is 0 Å². The third-order valence-electron chi connectivity index (χ3n) is 4.95. The predicted octanol–water partition coefficient (Wildman–Crippen LogP) is 4.13. The fourth-order valence-electron chi connectivity index (χ4n) is 3.55. The lowest BCUT2D eigenvalue weighted by atomic mass is 10.0. The number of amides is 1. The third-order valence-corrected chi connectivity index (χ3v) is 8.32.